The zero-order chi connectivity index (χ0) is 19.5. The molecule has 156 valence electrons. The van der Waals surface area contributed by atoms with Gasteiger partial charge >= 0.3 is 0 Å². The molecule has 0 atom stereocenters. The highest BCUT2D eigenvalue weighted by Gasteiger charge is 2.13. The van der Waals surface area contributed by atoms with Crippen molar-refractivity contribution in [2.45, 2.75) is 33.4 Å². The molecule has 2 aromatic rings. The molecule has 0 spiro atoms. The van der Waals surface area contributed by atoms with Crippen LogP contribution in [0.2, 0.25) is 10.0 Å². The van der Waals surface area contributed by atoms with Crippen LogP contribution in [0.15, 0.2) is 36.4 Å². The number of rotatable bonds is 12. The van der Waals surface area contributed by atoms with Crippen molar-refractivity contribution in [1.82, 2.24) is 5.32 Å². The molecule has 0 saturated carbocycles. The molecule has 0 unspecified atom stereocenters. The van der Waals surface area contributed by atoms with Gasteiger partial charge in [-0.1, -0.05) is 35.3 Å². The Morgan fingerprint density at radius 2 is 1.68 bits per heavy atom. The first-order valence-corrected chi connectivity index (χ1v) is 10.0. The third-order valence-electron chi connectivity index (χ3n) is 3.84. The lowest BCUT2D eigenvalue weighted by molar-refractivity contribution is 0.144. The smallest absolute Gasteiger partial charge is 0.180 e. The number of nitrogens with one attached hydrogen (secondary N) is 1. The van der Waals surface area contributed by atoms with Crippen LogP contribution in [0.1, 0.15) is 31.4 Å². The van der Waals surface area contributed by atoms with Crippen molar-refractivity contribution in [3.8, 4) is 11.5 Å². The summed E-state index contributed by atoms with van der Waals surface area (Å²) in [4.78, 5) is 0. The molecule has 7 heteroatoms. The molecule has 1 N–H and O–H groups in total. The Bertz CT molecular complexity index is 696. The second kappa shape index (κ2) is 13.9. The van der Waals surface area contributed by atoms with Crippen LogP contribution in [0, 0.1) is 0 Å². The van der Waals surface area contributed by atoms with Crippen LogP contribution in [0.5, 0.6) is 11.5 Å². The number of benzene rings is 2. The van der Waals surface area contributed by atoms with Gasteiger partial charge < -0.3 is 19.5 Å². The zero-order valence-electron chi connectivity index (χ0n) is 16.3. The van der Waals surface area contributed by atoms with E-state index in [0.29, 0.717) is 41.3 Å². The van der Waals surface area contributed by atoms with E-state index in [1.54, 1.807) is 0 Å². The van der Waals surface area contributed by atoms with E-state index in [4.69, 9.17) is 37.4 Å². The topological polar surface area (TPSA) is 39.7 Å². The third-order valence-corrected chi connectivity index (χ3v) is 4.37. The molecule has 0 heterocycles. The minimum absolute atomic E-state index is 0. The monoisotopic (exact) mass is 447 g/mol. The average Bonchev–Trinajstić information content (AvgIpc) is 2.65. The molecule has 28 heavy (non-hydrogen) atoms. The lowest BCUT2D eigenvalue weighted by Gasteiger charge is -2.16. The van der Waals surface area contributed by atoms with Crippen LogP contribution in [0.25, 0.3) is 0 Å². The SMILES string of the molecule is CCOCCCNCc1cc(Cl)c(OCc2ccc(Cl)cc2)c(OCC)c1.Cl. The molecule has 0 aliphatic carbocycles. The first-order valence-electron chi connectivity index (χ1n) is 9.25. The number of ether oxygens (including phenoxy) is 3. The van der Waals surface area contributed by atoms with Gasteiger partial charge in [0, 0.05) is 24.8 Å². The molecule has 0 aromatic heterocycles. The molecular weight excluding hydrogens is 421 g/mol. The first-order chi connectivity index (χ1) is 13.1. The number of hydrogen-bond acceptors (Lipinski definition) is 4. The summed E-state index contributed by atoms with van der Waals surface area (Å²) in [6.45, 7) is 8.00. The quantitative estimate of drug-likeness (QED) is 0.410. The van der Waals surface area contributed by atoms with E-state index in [-0.39, 0.29) is 12.4 Å². The Hall–Kier alpha value is -1.17. The second-order valence-corrected chi connectivity index (χ2v) is 6.82. The highest BCUT2D eigenvalue weighted by molar-refractivity contribution is 6.32. The largest absolute Gasteiger partial charge is 0.490 e. The highest BCUT2D eigenvalue weighted by atomic mass is 35.5. The molecule has 0 amide bonds. The van der Waals surface area contributed by atoms with Gasteiger partial charge in [-0.15, -0.1) is 12.4 Å². The van der Waals surface area contributed by atoms with Crippen LogP contribution in [-0.4, -0.2) is 26.4 Å². The zero-order valence-corrected chi connectivity index (χ0v) is 18.6. The number of halogens is 3. The predicted octanol–water partition coefficient (Wildman–Crippen LogP) is 5.91. The fourth-order valence-corrected chi connectivity index (χ4v) is 2.95. The van der Waals surface area contributed by atoms with Gasteiger partial charge in [-0.2, -0.15) is 0 Å². The van der Waals surface area contributed by atoms with Crippen LogP contribution in [-0.2, 0) is 17.9 Å². The standard InChI is InChI=1S/C21H27Cl2NO3.ClH/c1-3-25-11-5-10-24-14-17-12-19(23)21(20(13-17)26-4-2)27-15-16-6-8-18(22)9-7-16;/h6-9,12-13,24H,3-5,10-11,14-15H2,1-2H3;1H. The maximum absolute atomic E-state index is 6.47. The molecule has 2 rings (SSSR count). The van der Waals surface area contributed by atoms with Crippen LogP contribution in [0.4, 0.5) is 0 Å². The first kappa shape index (κ1) is 24.9. The van der Waals surface area contributed by atoms with Gasteiger partial charge in [-0.05, 0) is 62.2 Å². The van der Waals surface area contributed by atoms with Gasteiger partial charge in [0.15, 0.2) is 11.5 Å². The molecule has 0 aliphatic rings. The lowest BCUT2D eigenvalue weighted by atomic mass is 10.2. The lowest BCUT2D eigenvalue weighted by Crippen LogP contribution is -2.16. The summed E-state index contributed by atoms with van der Waals surface area (Å²) in [5.41, 5.74) is 2.07. The van der Waals surface area contributed by atoms with E-state index in [9.17, 15) is 0 Å². The van der Waals surface area contributed by atoms with Gasteiger partial charge in [-0.3, -0.25) is 0 Å². The summed E-state index contributed by atoms with van der Waals surface area (Å²) < 4.78 is 17.0. The maximum atomic E-state index is 6.47. The Kier molecular flexibility index (Phi) is 12.4. The summed E-state index contributed by atoms with van der Waals surface area (Å²) in [5.74, 6) is 1.22. The van der Waals surface area contributed by atoms with Crippen LogP contribution < -0.4 is 14.8 Å². The van der Waals surface area contributed by atoms with E-state index in [1.807, 2.05) is 50.2 Å². The van der Waals surface area contributed by atoms with E-state index in [1.165, 1.54) is 0 Å². The van der Waals surface area contributed by atoms with Crippen molar-refractivity contribution in [3.63, 3.8) is 0 Å². The van der Waals surface area contributed by atoms with Crippen LogP contribution >= 0.6 is 35.6 Å². The minimum Gasteiger partial charge on any atom is -0.490 e. The summed E-state index contributed by atoms with van der Waals surface area (Å²) in [7, 11) is 0. The van der Waals surface area contributed by atoms with Crippen molar-refractivity contribution in [1.29, 1.82) is 0 Å². The fourth-order valence-electron chi connectivity index (χ4n) is 2.54. The summed E-state index contributed by atoms with van der Waals surface area (Å²) in [5, 5.41) is 4.63. The maximum Gasteiger partial charge on any atom is 0.180 e. The normalized spacial score (nSPS) is 10.4. The molecule has 4 nitrogen and oxygen atoms in total. The van der Waals surface area contributed by atoms with E-state index in [0.717, 1.165) is 37.3 Å². The molecule has 0 aliphatic heterocycles. The van der Waals surface area contributed by atoms with Crippen molar-refractivity contribution < 1.29 is 14.2 Å². The van der Waals surface area contributed by atoms with Crippen molar-refractivity contribution >= 4 is 35.6 Å². The minimum atomic E-state index is 0. The fraction of sp³-hybridized carbons (Fsp3) is 0.429. The molecule has 0 radical (unpaired) electrons. The van der Waals surface area contributed by atoms with Gasteiger partial charge in [-0.25, -0.2) is 0 Å². The molecule has 0 saturated heterocycles. The van der Waals surface area contributed by atoms with Gasteiger partial charge in [0.25, 0.3) is 0 Å². The Labute approximate surface area is 183 Å². The molecule has 0 bridgehead atoms. The van der Waals surface area contributed by atoms with Gasteiger partial charge in [0.2, 0.25) is 0 Å². The number of hydrogen-bond donors (Lipinski definition) is 1. The molecule has 0 fully saturated rings. The Balaban J connectivity index is 0.00000392. The average molecular weight is 449 g/mol. The Morgan fingerprint density at radius 1 is 0.929 bits per heavy atom. The van der Waals surface area contributed by atoms with Crippen LogP contribution in [0.3, 0.4) is 0 Å². The van der Waals surface area contributed by atoms with Crippen molar-refractivity contribution in [2.75, 3.05) is 26.4 Å². The summed E-state index contributed by atoms with van der Waals surface area (Å²) in [6.07, 6.45) is 0.974. The van der Waals surface area contributed by atoms with Crippen molar-refractivity contribution in [3.05, 3.63) is 57.6 Å². The summed E-state index contributed by atoms with van der Waals surface area (Å²) in [6, 6.07) is 11.4. The predicted molar refractivity (Wildman–Crippen MR) is 118 cm³/mol. The molecule has 2 aromatic carbocycles. The van der Waals surface area contributed by atoms with E-state index in [2.05, 4.69) is 5.32 Å². The van der Waals surface area contributed by atoms with E-state index < -0.39 is 0 Å². The highest BCUT2D eigenvalue weighted by Crippen LogP contribution is 2.37. The van der Waals surface area contributed by atoms with Gasteiger partial charge in [0.1, 0.15) is 6.61 Å². The summed E-state index contributed by atoms with van der Waals surface area (Å²) >= 11 is 12.4. The Morgan fingerprint density at radius 3 is 2.36 bits per heavy atom. The van der Waals surface area contributed by atoms with Crippen molar-refractivity contribution in [2.24, 2.45) is 0 Å². The third kappa shape index (κ3) is 8.46. The van der Waals surface area contributed by atoms with Gasteiger partial charge in [0.05, 0.1) is 11.6 Å². The second-order valence-electron chi connectivity index (χ2n) is 5.98. The van der Waals surface area contributed by atoms with E-state index >= 15 is 0 Å². The molecular formula is C21H28Cl3NO3.